The van der Waals surface area contributed by atoms with Gasteiger partial charge in [-0.05, 0) is 37.1 Å². The maximum absolute atomic E-state index is 4.51. The molecule has 0 amide bonds. The van der Waals surface area contributed by atoms with Gasteiger partial charge in [-0.2, -0.15) is 5.10 Å². The molecule has 3 heteroatoms. The van der Waals surface area contributed by atoms with Gasteiger partial charge in [0, 0.05) is 6.20 Å². The van der Waals surface area contributed by atoms with Gasteiger partial charge in [-0.25, -0.2) is 4.68 Å². The third-order valence-electron chi connectivity index (χ3n) is 3.82. The van der Waals surface area contributed by atoms with Crippen LogP contribution in [0.3, 0.4) is 0 Å². The van der Waals surface area contributed by atoms with Crippen molar-refractivity contribution < 1.29 is 0 Å². The molecule has 3 nitrogen and oxygen atoms in total. The average molecular weight is 271 g/mol. The summed E-state index contributed by atoms with van der Waals surface area (Å²) in [5.41, 5.74) is 2.37. The first-order chi connectivity index (χ1) is 9.77. The van der Waals surface area contributed by atoms with E-state index in [4.69, 9.17) is 0 Å². The van der Waals surface area contributed by atoms with Crippen LogP contribution in [0.2, 0.25) is 0 Å². The lowest BCUT2D eigenvalue weighted by Crippen LogP contribution is -2.29. The number of benzene rings is 1. The van der Waals surface area contributed by atoms with Gasteiger partial charge in [0.25, 0.3) is 0 Å². The van der Waals surface area contributed by atoms with Crippen LogP contribution in [-0.4, -0.2) is 16.3 Å². The van der Waals surface area contributed by atoms with Crippen LogP contribution >= 0.6 is 0 Å². The summed E-state index contributed by atoms with van der Waals surface area (Å²) >= 11 is 0. The summed E-state index contributed by atoms with van der Waals surface area (Å²) in [4.78, 5) is 0. The number of hydrogen-bond acceptors (Lipinski definition) is 2. The van der Waals surface area contributed by atoms with Crippen molar-refractivity contribution in [1.29, 1.82) is 0 Å². The number of rotatable bonds is 7. The van der Waals surface area contributed by atoms with Gasteiger partial charge in [0.2, 0.25) is 0 Å². The van der Waals surface area contributed by atoms with Crippen molar-refractivity contribution in [3.8, 4) is 5.69 Å². The van der Waals surface area contributed by atoms with Crippen LogP contribution in [0.5, 0.6) is 0 Å². The highest BCUT2D eigenvalue weighted by molar-refractivity contribution is 5.33. The van der Waals surface area contributed by atoms with E-state index in [0.717, 1.165) is 25.1 Å². The van der Waals surface area contributed by atoms with Gasteiger partial charge in [-0.1, -0.05) is 45.4 Å². The van der Waals surface area contributed by atoms with E-state index in [9.17, 15) is 0 Å². The van der Waals surface area contributed by atoms with Gasteiger partial charge < -0.3 is 5.32 Å². The highest BCUT2D eigenvalue weighted by Gasteiger charge is 2.21. The number of para-hydroxylation sites is 1. The summed E-state index contributed by atoms with van der Waals surface area (Å²) < 4.78 is 2.06. The van der Waals surface area contributed by atoms with Crippen molar-refractivity contribution >= 4 is 0 Å². The van der Waals surface area contributed by atoms with E-state index in [1.54, 1.807) is 0 Å². The molecule has 1 heterocycles. The van der Waals surface area contributed by atoms with E-state index >= 15 is 0 Å². The Labute approximate surface area is 122 Å². The summed E-state index contributed by atoms with van der Waals surface area (Å²) in [6.07, 6.45) is 4.19. The largest absolute Gasteiger partial charge is 0.308 e. The van der Waals surface area contributed by atoms with Crippen LogP contribution in [0.1, 0.15) is 45.3 Å². The van der Waals surface area contributed by atoms with E-state index in [1.807, 2.05) is 12.3 Å². The molecule has 2 aromatic rings. The molecule has 2 rings (SSSR count). The van der Waals surface area contributed by atoms with E-state index in [-0.39, 0.29) is 0 Å². The predicted octanol–water partition coefficient (Wildman–Crippen LogP) is 3.96. The molecular weight excluding hydrogens is 246 g/mol. The molecule has 20 heavy (non-hydrogen) atoms. The van der Waals surface area contributed by atoms with Crippen molar-refractivity contribution in [3.63, 3.8) is 0 Å². The minimum atomic E-state index is 0.350. The first-order valence-corrected chi connectivity index (χ1v) is 7.60. The van der Waals surface area contributed by atoms with Gasteiger partial charge >= 0.3 is 0 Å². The summed E-state index contributed by atoms with van der Waals surface area (Å²) in [6.45, 7) is 7.79. The van der Waals surface area contributed by atoms with Gasteiger partial charge in [-0.3, -0.25) is 0 Å². The van der Waals surface area contributed by atoms with Crippen LogP contribution in [0.4, 0.5) is 0 Å². The number of hydrogen-bond donors (Lipinski definition) is 1. The highest BCUT2D eigenvalue weighted by atomic mass is 15.3. The lowest BCUT2D eigenvalue weighted by molar-refractivity contribution is 0.364. The standard InChI is InChI=1S/C17H25N3/c1-4-12-18-17(14(3)5-2)16-11-13-19-20(16)15-9-7-6-8-10-15/h6-11,13-14,17-18H,4-5,12H2,1-3H3. The Morgan fingerprint density at radius 2 is 1.90 bits per heavy atom. The molecule has 0 saturated carbocycles. The molecule has 0 aliphatic rings. The lowest BCUT2D eigenvalue weighted by Gasteiger charge is -2.25. The average Bonchev–Trinajstić information content (AvgIpc) is 2.97. The maximum Gasteiger partial charge on any atom is 0.0649 e. The molecule has 0 spiro atoms. The van der Waals surface area contributed by atoms with E-state index in [1.165, 1.54) is 5.69 Å². The third kappa shape index (κ3) is 3.28. The summed E-state index contributed by atoms with van der Waals surface area (Å²) in [7, 11) is 0. The molecule has 2 atom stereocenters. The minimum Gasteiger partial charge on any atom is -0.308 e. The van der Waals surface area contributed by atoms with Crippen molar-refractivity contribution in [2.24, 2.45) is 5.92 Å². The molecule has 0 fully saturated rings. The van der Waals surface area contributed by atoms with E-state index in [0.29, 0.717) is 12.0 Å². The normalized spacial score (nSPS) is 14.2. The van der Waals surface area contributed by atoms with Crippen molar-refractivity contribution in [2.45, 2.75) is 39.7 Å². The third-order valence-corrected chi connectivity index (χ3v) is 3.82. The Kier molecular flexibility index (Phi) is 5.36. The molecule has 0 bridgehead atoms. The van der Waals surface area contributed by atoms with Crippen LogP contribution in [0, 0.1) is 5.92 Å². The Morgan fingerprint density at radius 1 is 1.15 bits per heavy atom. The zero-order chi connectivity index (χ0) is 14.4. The Hall–Kier alpha value is -1.61. The Balaban J connectivity index is 2.32. The second-order valence-electron chi connectivity index (χ2n) is 5.32. The highest BCUT2D eigenvalue weighted by Crippen LogP contribution is 2.26. The Bertz CT molecular complexity index is 504. The second-order valence-corrected chi connectivity index (χ2v) is 5.32. The molecule has 0 aliphatic heterocycles. The van der Waals surface area contributed by atoms with Crippen molar-refractivity contribution in [2.75, 3.05) is 6.54 Å². The van der Waals surface area contributed by atoms with Crippen LogP contribution in [0.25, 0.3) is 5.69 Å². The second kappa shape index (κ2) is 7.25. The molecular formula is C17H25N3. The zero-order valence-corrected chi connectivity index (χ0v) is 12.7. The molecule has 1 aromatic heterocycles. The fourth-order valence-electron chi connectivity index (χ4n) is 2.47. The zero-order valence-electron chi connectivity index (χ0n) is 12.7. The topological polar surface area (TPSA) is 29.9 Å². The fraction of sp³-hybridized carbons (Fsp3) is 0.471. The van der Waals surface area contributed by atoms with Crippen LogP contribution < -0.4 is 5.32 Å². The van der Waals surface area contributed by atoms with Gasteiger partial charge in [0.15, 0.2) is 0 Å². The number of nitrogens with zero attached hydrogens (tertiary/aromatic N) is 2. The molecule has 0 saturated heterocycles. The predicted molar refractivity (Wildman–Crippen MR) is 84.1 cm³/mol. The van der Waals surface area contributed by atoms with Crippen LogP contribution in [-0.2, 0) is 0 Å². The first-order valence-electron chi connectivity index (χ1n) is 7.60. The maximum atomic E-state index is 4.51. The summed E-state index contributed by atoms with van der Waals surface area (Å²) in [6, 6.07) is 12.8. The molecule has 2 unspecified atom stereocenters. The quantitative estimate of drug-likeness (QED) is 0.826. The fourth-order valence-corrected chi connectivity index (χ4v) is 2.47. The summed E-state index contributed by atoms with van der Waals surface area (Å²) in [5, 5.41) is 8.18. The molecule has 1 aromatic carbocycles. The van der Waals surface area contributed by atoms with E-state index in [2.05, 4.69) is 66.2 Å². The van der Waals surface area contributed by atoms with Crippen molar-refractivity contribution in [1.82, 2.24) is 15.1 Å². The van der Waals surface area contributed by atoms with Gasteiger partial charge in [0.05, 0.1) is 17.4 Å². The van der Waals surface area contributed by atoms with Crippen molar-refractivity contribution in [3.05, 3.63) is 48.3 Å². The Morgan fingerprint density at radius 3 is 2.55 bits per heavy atom. The lowest BCUT2D eigenvalue weighted by atomic mass is 9.96. The monoisotopic (exact) mass is 271 g/mol. The minimum absolute atomic E-state index is 0.350. The van der Waals surface area contributed by atoms with Crippen LogP contribution in [0.15, 0.2) is 42.6 Å². The van der Waals surface area contributed by atoms with Gasteiger partial charge in [0.1, 0.15) is 0 Å². The number of nitrogens with one attached hydrogen (secondary N) is 1. The first kappa shape index (κ1) is 14.8. The van der Waals surface area contributed by atoms with E-state index < -0.39 is 0 Å². The molecule has 108 valence electrons. The smallest absolute Gasteiger partial charge is 0.0649 e. The number of aromatic nitrogens is 2. The molecule has 1 N–H and O–H groups in total. The SMILES string of the molecule is CCCNC(c1ccnn1-c1ccccc1)C(C)CC. The summed E-state index contributed by atoms with van der Waals surface area (Å²) in [5.74, 6) is 0.584. The molecule has 0 radical (unpaired) electrons. The molecule has 0 aliphatic carbocycles. The van der Waals surface area contributed by atoms with Gasteiger partial charge in [-0.15, -0.1) is 0 Å².